The van der Waals surface area contributed by atoms with Gasteiger partial charge in [0.05, 0.1) is 11.8 Å². The van der Waals surface area contributed by atoms with Crippen LogP contribution < -0.4 is 10.2 Å². The van der Waals surface area contributed by atoms with E-state index in [2.05, 4.69) is 10.2 Å². The molecule has 2 aromatic carbocycles. The maximum atomic E-state index is 12.5. The molecular formula is C21H22Cl2N4O. The lowest BCUT2D eigenvalue weighted by molar-refractivity contribution is 0.184. The number of anilines is 1. The summed E-state index contributed by atoms with van der Waals surface area (Å²) in [5.74, 6) is 0. The molecule has 2 heterocycles. The van der Waals surface area contributed by atoms with Crippen LogP contribution in [0.25, 0.3) is 0 Å². The third-order valence-electron chi connectivity index (χ3n) is 5.31. The van der Waals surface area contributed by atoms with E-state index in [9.17, 15) is 4.79 Å². The van der Waals surface area contributed by atoms with Crippen LogP contribution >= 0.6 is 23.2 Å². The molecule has 7 heteroatoms. The molecule has 2 aliphatic heterocycles. The number of nitrogens with one attached hydrogen (secondary N) is 1. The van der Waals surface area contributed by atoms with Gasteiger partial charge < -0.3 is 10.2 Å². The molecule has 0 aliphatic carbocycles. The lowest BCUT2D eigenvalue weighted by Crippen LogP contribution is -2.41. The fraction of sp³-hybridized carbons (Fsp3) is 0.333. The number of hydrazone groups is 1. The average molecular weight is 417 g/mol. The molecule has 0 spiro atoms. The molecule has 5 nitrogen and oxygen atoms in total. The van der Waals surface area contributed by atoms with Gasteiger partial charge in [-0.3, -0.25) is 0 Å². The van der Waals surface area contributed by atoms with Gasteiger partial charge in [-0.05, 0) is 49.6 Å². The van der Waals surface area contributed by atoms with Crippen LogP contribution in [-0.2, 0) is 6.42 Å². The first-order valence-electron chi connectivity index (χ1n) is 9.41. The summed E-state index contributed by atoms with van der Waals surface area (Å²) in [4.78, 5) is 14.9. The maximum absolute atomic E-state index is 12.5. The van der Waals surface area contributed by atoms with E-state index in [0.29, 0.717) is 16.5 Å². The topological polar surface area (TPSA) is 47.9 Å². The summed E-state index contributed by atoms with van der Waals surface area (Å²) in [6.45, 7) is 4.06. The zero-order valence-corrected chi connectivity index (χ0v) is 17.4. The summed E-state index contributed by atoms with van der Waals surface area (Å²) < 4.78 is 0. The molecule has 1 fully saturated rings. The fourth-order valence-electron chi connectivity index (χ4n) is 3.71. The second-order valence-corrected chi connectivity index (χ2v) is 8.07. The Bertz CT molecular complexity index is 938. The number of amides is 2. The standard InChI is InChI=1S/C21H22Cl2N4O/c1-13-10-17-18(11-16(23)12-19(17)26-8-3-9-26)20(25-27(13)21(28)24-2)14-4-6-15(22)7-5-14/h4-7,11-13H,3,8-10H2,1-2H3,(H,24,28). The minimum absolute atomic E-state index is 0.0929. The fourth-order valence-corrected chi connectivity index (χ4v) is 4.05. The Morgan fingerprint density at radius 1 is 1.14 bits per heavy atom. The number of hydrogen-bond donors (Lipinski definition) is 1. The molecule has 28 heavy (non-hydrogen) atoms. The van der Waals surface area contributed by atoms with Crippen LogP contribution in [0.2, 0.25) is 10.0 Å². The molecule has 0 radical (unpaired) electrons. The van der Waals surface area contributed by atoms with Crippen LogP contribution in [0.1, 0.15) is 30.0 Å². The quantitative estimate of drug-likeness (QED) is 0.780. The molecule has 0 saturated carbocycles. The van der Waals surface area contributed by atoms with E-state index in [1.165, 1.54) is 17.0 Å². The van der Waals surface area contributed by atoms with E-state index in [1.54, 1.807) is 7.05 Å². The van der Waals surface area contributed by atoms with Crippen molar-refractivity contribution < 1.29 is 4.79 Å². The predicted octanol–water partition coefficient (Wildman–Crippen LogP) is 4.54. The summed E-state index contributed by atoms with van der Waals surface area (Å²) in [6, 6.07) is 11.2. The van der Waals surface area contributed by atoms with Crippen molar-refractivity contribution in [2.24, 2.45) is 5.10 Å². The normalized spacial score (nSPS) is 18.7. The summed E-state index contributed by atoms with van der Waals surface area (Å²) in [6.07, 6.45) is 1.88. The van der Waals surface area contributed by atoms with Crippen LogP contribution in [0.3, 0.4) is 0 Å². The predicted molar refractivity (Wildman–Crippen MR) is 115 cm³/mol. The van der Waals surface area contributed by atoms with Crippen LogP contribution in [0.5, 0.6) is 0 Å². The molecule has 4 rings (SSSR count). The summed E-state index contributed by atoms with van der Waals surface area (Å²) in [5.41, 5.74) is 4.90. The van der Waals surface area contributed by atoms with Crippen LogP contribution in [-0.4, -0.2) is 42.9 Å². The molecule has 1 atom stereocenters. The highest BCUT2D eigenvalue weighted by Crippen LogP contribution is 2.36. The molecule has 1 N–H and O–H groups in total. The molecule has 1 saturated heterocycles. The van der Waals surface area contributed by atoms with E-state index < -0.39 is 0 Å². The molecule has 2 amide bonds. The number of nitrogens with zero attached hydrogens (tertiary/aromatic N) is 3. The average Bonchev–Trinajstić information content (AvgIpc) is 2.77. The molecule has 2 aromatic rings. The van der Waals surface area contributed by atoms with E-state index in [4.69, 9.17) is 28.3 Å². The highest BCUT2D eigenvalue weighted by Gasteiger charge is 2.30. The Morgan fingerprint density at radius 3 is 2.46 bits per heavy atom. The number of rotatable bonds is 2. The van der Waals surface area contributed by atoms with Gasteiger partial charge in [0.1, 0.15) is 0 Å². The van der Waals surface area contributed by atoms with Crippen molar-refractivity contribution in [1.29, 1.82) is 0 Å². The largest absolute Gasteiger partial charge is 0.371 e. The Morgan fingerprint density at radius 2 is 1.86 bits per heavy atom. The first kappa shape index (κ1) is 19.1. The summed E-state index contributed by atoms with van der Waals surface area (Å²) >= 11 is 12.6. The smallest absolute Gasteiger partial charge is 0.337 e. The van der Waals surface area contributed by atoms with E-state index in [0.717, 1.165) is 35.6 Å². The number of urea groups is 1. The van der Waals surface area contributed by atoms with Crippen LogP contribution in [0.4, 0.5) is 10.5 Å². The first-order valence-corrected chi connectivity index (χ1v) is 10.2. The van der Waals surface area contributed by atoms with Crippen molar-refractivity contribution in [3.05, 3.63) is 63.1 Å². The Balaban J connectivity index is 1.93. The molecule has 0 aromatic heterocycles. The van der Waals surface area contributed by atoms with E-state index >= 15 is 0 Å². The second kappa shape index (κ2) is 7.64. The van der Waals surface area contributed by atoms with Gasteiger partial charge in [0, 0.05) is 47.0 Å². The molecular weight excluding hydrogens is 395 g/mol. The molecule has 2 aliphatic rings. The molecule has 0 bridgehead atoms. The number of carbonyl (C=O) groups excluding carboxylic acids is 1. The van der Waals surface area contributed by atoms with Gasteiger partial charge in [0.2, 0.25) is 0 Å². The Labute approximate surface area is 174 Å². The van der Waals surface area contributed by atoms with Gasteiger partial charge in [0.15, 0.2) is 0 Å². The monoisotopic (exact) mass is 416 g/mol. The Kier molecular flexibility index (Phi) is 5.21. The van der Waals surface area contributed by atoms with Gasteiger partial charge in [-0.15, -0.1) is 0 Å². The summed E-state index contributed by atoms with van der Waals surface area (Å²) in [5, 5.41) is 10.3. The van der Waals surface area contributed by atoms with Gasteiger partial charge in [-0.2, -0.15) is 5.10 Å². The number of benzene rings is 2. The van der Waals surface area contributed by atoms with Gasteiger partial charge in [0.25, 0.3) is 0 Å². The first-order chi connectivity index (χ1) is 13.5. The highest BCUT2D eigenvalue weighted by molar-refractivity contribution is 6.32. The van der Waals surface area contributed by atoms with Gasteiger partial charge >= 0.3 is 6.03 Å². The van der Waals surface area contributed by atoms with Crippen molar-refractivity contribution in [3.8, 4) is 0 Å². The van der Waals surface area contributed by atoms with Crippen molar-refractivity contribution in [1.82, 2.24) is 10.3 Å². The van der Waals surface area contributed by atoms with Gasteiger partial charge in [-0.1, -0.05) is 35.3 Å². The molecule has 1 unspecified atom stereocenters. The maximum Gasteiger partial charge on any atom is 0.337 e. The zero-order chi connectivity index (χ0) is 19.8. The lowest BCUT2D eigenvalue weighted by atomic mass is 9.92. The highest BCUT2D eigenvalue weighted by atomic mass is 35.5. The zero-order valence-electron chi connectivity index (χ0n) is 15.9. The second-order valence-electron chi connectivity index (χ2n) is 7.20. The van der Waals surface area contributed by atoms with Crippen molar-refractivity contribution in [2.75, 3.05) is 25.0 Å². The number of fused-ring (bicyclic) bond motifs is 1. The number of halogens is 2. The lowest BCUT2D eigenvalue weighted by Gasteiger charge is -2.36. The minimum atomic E-state index is -0.233. The van der Waals surface area contributed by atoms with Crippen molar-refractivity contribution in [3.63, 3.8) is 0 Å². The van der Waals surface area contributed by atoms with Crippen LogP contribution in [0, 0.1) is 0 Å². The number of carbonyl (C=O) groups is 1. The third kappa shape index (κ3) is 3.45. The van der Waals surface area contributed by atoms with E-state index in [1.807, 2.05) is 43.3 Å². The van der Waals surface area contributed by atoms with Crippen LogP contribution in [0.15, 0.2) is 41.5 Å². The number of hydrogen-bond acceptors (Lipinski definition) is 3. The van der Waals surface area contributed by atoms with Gasteiger partial charge in [-0.25, -0.2) is 9.80 Å². The van der Waals surface area contributed by atoms with Crippen molar-refractivity contribution in [2.45, 2.75) is 25.8 Å². The third-order valence-corrected chi connectivity index (χ3v) is 5.78. The SMILES string of the molecule is CNC(=O)N1N=C(c2ccc(Cl)cc2)c2cc(Cl)cc(N3CCC3)c2CC1C. The van der Waals surface area contributed by atoms with E-state index in [-0.39, 0.29) is 12.1 Å². The Hall–Kier alpha value is -2.24. The minimum Gasteiger partial charge on any atom is -0.371 e. The molecule has 146 valence electrons. The van der Waals surface area contributed by atoms with Crippen molar-refractivity contribution >= 4 is 40.6 Å². The summed E-state index contributed by atoms with van der Waals surface area (Å²) in [7, 11) is 1.62.